The molecule has 1 heterocycles. The lowest BCUT2D eigenvalue weighted by Crippen LogP contribution is -2.48. The lowest BCUT2D eigenvalue weighted by Gasteiger charge is -2.37. The van der Waals surface area contributed by atoms with Crippen molar-refractivity contribution >= 4 is 0 Å². The predicted octanol–water partition coefficient (Wildman–Crippen LogP) is 2.20. The molecule has 0 saturated carbocycles. The van der Waals surface area contributed by atoms with E-state index in [-0.39, 0.29) is 0 Å². The molecule has 0 aromatic heterocycles. The first-order chi connectivity index (χ1) is 8.67. The van der Waals surface area contributed by atoms with E-state index in [1.807, 2.05) is 0 Å². The number of nitrogens with zero attached hydrogens (tertiary/aromatic N) is 2. The minimum atomic E-state index is 0.370. The summed E-state index contributed by atoms with van der Waals surface area (Å²) in [5.41, 5.74) is 0. The Labute approximate surface area is 113 Å². The Bertz CT molecular complexity index is 201. The number of piperazine rings is 1. The molecule has 1 aliphatic heterocycles. The molecule has 1 saturated heterocycles. The van der Waals surface area contributed by atoms with Gasteiger partial charge in [0.25, 0.3) is 0 Å². The summed E-state index contributed by atoms with van der Waals surface area (Å²) >= 11 is 0. The van der Waals surface area contributed by atoms with E-state index in [0.29, 0.717) is 18.6 Å². The molecule has 0 spiro atoms. The van der Waals surface area contributed by atoms with Gasteiger partial charge in [-0.25, -0.2) is 0 Å². The second-order valence-electron chi connectivity index (χ2n) is 5.95. The fraction of sp³-hybridized carbons (Fsp3) is 1.00. The fourth-order valence-corrected chi connectivity index (χ4v) is 2.84. The van der Waals surface area contributed by atoms with Crippen LogP contribution >= 0.6 is 0 Å². The van der Waals surface area contributed by atoms with Crippen molar-refractivity contribution in [1.29, 1.82) is 0 Å². The third-order valence-electron chi connectivity index (χ3n) is 4.18. The van der Waals surface area contributed by atoms with Crippen LogP contribution in [0.5, 0.6) is 0 Å². The average Bonchev–Trinajstić information content (AvgIpc) is 2.38. The number of hydrogen-bond acceptors (Lipinski definition) is 3. The van der Waals surface area contributed by atoms with Crippen molar-refractivity contribution in [3.05, 3.63) is 0 Å². The van der Waals surface area contributed by atoms with Crippen LogP contribution in [-0.2, 0) is 0 Å². The normalized spacial score (nSPS) is 20.5. The van der Waals surface area contributed by atoms with Crippen LogP contribution in [0.1, 0.15) is 46.5 Å². The van der Waals surface area contributed by atoms with Crippen molar-refractivity contribution in [2.24, 2.45) is 5.92 Å². The predicted molar refractivity (Wildman–Crippen MR) is 77.9 cm³/mol. The summed E-state index contributed by atoms with van der Waals surface area (Å²) in [5.74, 6) is 0.534. The van der Waals surface area contributed by atoms with Gasteiger partial charge < -0.3 is 10.0 Å². The topological polar surface area (TPSA) is 26.7 Å². The zero-order chi connectivity index (χ0) is 13.4. The third kappa shape index (κ3) is 5.68. The highest BCUT2D eigenvalue weighted by Gasteiger charge is 2.18. The Morgan fingerprint density at radius 3 is 2.22 bits per heavy atom. The summed E-state index contributed by atoms with van der Waals surface area (Å²) in [4.78, 5) is 5.14. The van der Waals surface area contributed by atoms with Crippen molar-refractivity contribution in [1.82, 2.24) is 9.80 Å². The lowest BCUT2D eigenvalue weighted by atomic mass is 9.99. The van der Waals surface area contributed by atoms with Gasteiger partial charge >= 0.3 is 0 Å². The van der Waals surface area contributed by atoms with E-state index >= 15 is 0 Å². The first kappa shape index (κ1) is 15.9. The molecule has 1 rings (SSSR count). The molecule has 108 valence electrons. The van der Waals surface area contributed by atoms with Crippen molar-refractivity contribution in [3.8, 4) is 0 Å². The Balaban J connectivity index is 2.10. The van der Waals surface area contributed by atoms with Crippen molar-refractivity contribution in [2.75, 3.05) is 39.3 Å². The van der Waals surface area contributed by atoms with Gasteiger partial charge in [0, 0.05) is 38.8 Å². The summed E-state index contributed by atoms with van der Waals surface area (Å²) in [6.07, 6.45) is 4.80. The van der Waals surface area contributed by atoms with Crippen LogP contribution in [-0.4, -0.2) is 60.3 Å². The van der Waals surface area contributed by atoms with Crippen LogP contribution in [0.15, 0.2) is 0 Å². The van der Waals surface area contributed by atoms with E-state index in [2.05, 4.69) is 30.6 Å². The molecule has 3 nitrogen and oxygen atoms in total. The monoisotopic (exact) mass is 256 g/mol. The van der Waals surface area contributed by atoms with Gasteiger partial charge in [0.15, 0.2) is 0 Å². The molecule has 0 amide bonds. The molecular formula is C15H32N2O. The summed E-state index contributed by atoms with van der Waals surface area (Å²) in [5, 5.41) is 9.27. The first-order valence-corrected chi connectivity index (χ1v) is 7.74. The quantitative estimate of drug-likeness (QED) is 0.721. The Morgan fingerprint density at radius 1 is 1.06 bits per heavy atom. The molecule has 0 bridgehead atoms. The van der Waals surface area contributed by atoms with E-state index in [9.17, 15) is 5.11 Å². The first-order valence-electron chi connectivity index (χ1n) is 7.74. The number of aliphatic hydroxyl groups excluding tert-OH is 1. The van der Waals surface area contributed by atoms with Crippen LogP contribution in [0.4, 0.5) is 0 Å². The highest BCUT2D eigenvalue weighted by atomic mass is 16.3. The Hall–Kier alpha value is -0.120. The van der Waals surface area contributed by atoms with Crippen LogP contribution in [0, 0.1) is 5.92 Å². The van der Waals surface area contributed by atoms with Crippen LogP contribution in [0.25, 0.3) is 0 Å². The van der Waals surface area contributed by atoms with Gasteiger partial charge in [0.1, 0.15) is 0 Å². The molecule has 1 N–H and O–H groups in total. The fourth-order valence-electron chi connectivity index (χ4n) is 2.84. The summed E-state index contributed by atoms with van der Waals surface area (Å²) in [7, 11) is 0. The maximum atomic E-state index is 9.27. The van der Waals surface area contributed by atoms with E-state index in [0.717, 1.165) is 0 Å². The van der Waals surface area contributed by atoms with Gasteiger partial charge in [-0.3, -0.25) is 4.90 Å². The van der Waals surface area contributed by atoms with Gasteiger partial charge in [-0.1, -0.05) is 13.3 Å². The smallest absolute Gasteiger partial charge is 0.0459 e. The molecule has 0 aromatic rings. The molecule has 3 heteroatoms. The standard InChI is InChI=1S/C15H32N2O/c1-4-6-15(13-18)7-5-8-16-9-11-17(12-10-16)14(2)3/h14-15,18H,4-13H2,1-3H3/t15-/m0/s1. The van der Waals surface area contributed by atoms with Gasteiger partial charge in [-0.15, -0.1) is 0 Å². The van der Waals surface area contributed by atoms with Crippen LogP contribution < -0.4 is 0 Å². The van der Waals surface area contributed by atoms with E-state index < -0.39 is 0 Å². The van der Waals surface area contributed by atoms with Crippen LogP contribution in [0.2, 0.25) is 0 Å². The number of rotatable bonds is 8. The second-order valence-corrected chi connectivity index (χ2v) is 5.95. The summed E-state index contributed by atoms with van der Waals surface area (Å²) in [6, 6.07) is 0.690. The molecule has 0 unspecified atom stereocenters. The zero-order valence-corrected chi connectivity index (χ0v) is 12.6. The van der Waals surface area contributed by atoms with E-state index in [4.69, 9.17) is 0 Å². The minimum absolute atomic E-state index is 0.370. The Morgan fingerprint density at radius 2 is 1.72 bits per heavy atom. The van der Waals surface area contributed by atoms with Gasteiger partial charge in [0.05, 0.1) is 0 Å². The van der Waals surface area contributed by atoms with Crippen LogP contribution in [0.3, 0.4) is 0 Å². The lowest BCUT2D eigenvalue weighted by molar-refractivity contribution is 0.104. The second kappa shape index (κ2) is 8.89. The molecule has 0 radical (unpaired) electrons. The minimum Gasteiger partial charge on any atom is -0.396 e. The van der Waals surface area contributed by atoms with Crippen molar-refractivity contribution in [2.45, 2.75) is 52.5 Å². The molecule has 0 aromatic carbocycles. The van der Waals surface area contributed by atoms with Crippen molar-refractivity contribution < 1.29 is 5.11 Å². The maximum absolute atomic E-state index is 9.27. The Kier molecular flexibility index (Phi) is 7.87. The molecule has 1 atom stereocenters. The van der Waals surface area contributed by atoms with Crippen molar-refractivity contribution in [3.63, 3.8) is 0 Å². The van der Waals surface area contributed by atoms with Gasteiger partial charge in [-0.05, 0) is 45.6 Å². The highest BCUT2D eigenvalue weighted by molar-refractivity contribution is 4.74. The summed E-state index contributed by atoms with van der Waals surface area (Å²) < 4.78 is 0. The molecule has 0 aliphatic carbocycles. The largest absolute Gasteiger partial charge is 0.396 e. The molecular weight excluding hydrogens is 224 g/mol. The van der Waals surface area contributed by atoms with E-state index in [1.54, 1.807) is 0 Å². The molecule has 18 heavy (non-hydrogen) atoms. The number of hydrogen-bond donors (Lipinski definition) is 1. The SMILES string of the molecule is CCC[C@H](CO)CCCN1CCN(C(C)C)CC1. The highest BCUT2D eigenvalue weighted by Crippen LogP contribution is 2.14. The summed E-state index contributed by atoms with van der Waals surface area (Å²) in [6.45, 7) is 13.2. The average molecular weight is 256 g/mol. The van der Waals surface area contributed by atoms with E-state index in [1.165, 1.54) is 58.4 Å². The van der Waals surface area contributed by atoms with Gasteiger partial charge in [-0.2, -0.15) is 0 Å². The zero-order valence-electron chi connectivity index (χ0n) is 12.6. The molecule has 1 fully saturated rings. The van der Waals surface area contributed by atoms with Gasteiger partial charge in [0.2, 0.25) is 0 Å². The molecule has 1 aliphatic rings. The number of aliphatic hydroxyl groups is 1. The third-order valence-corrected chi connectivity index (χ3v) is 4.18. The maximum Gasteiger partial charge on any atom is 0.0459 e.